The topological polar surface area (TPSA) is 58.4 Å². The molecule has 1 aliphatic heterocycles. The number of aromatic nitrogens is 1. The summed E-state index contributed by atoms with van der Waals surface area (Å²) >= 11 is 0. The van der Waals surface area contributed by atoms with Crippen LogP contribution in [0.4, 0.5) is 0 Å². The first-order valence-corrected chi connectivity index (χ1v) is 7.08. The van der Waals surface area contributed by atoms with Gasteiger partial charge in [0.15, 0.2) is 0 Å². The lowest BCUT2D eigenvalue weighted by Crippen LogP contribution is -2.46. The molecule has 1 amide bonds. The van der Waals surface area contributed by atoms with E-state index < -0.39 is 0 Å². The van der Waals surface area contributed by atoms with Crippen LogP contribution in [0, 0.1) is 0 Å². The van der Waals surface area contributed by atoms with Crippen LogP contribution < -0.4 is 5.32 Å². The van der Waals surface area contributed by atoms with Crippen molar-refractivity contribution in [3.05, 3.63) is 17.5 Å². The second-order valence-corrected chi connectivity index (χ2v) is 5.30. The van der Waals surface area contributed by atoms with E-state index >= 15 is 0 Å². The van der Waals surface area contributed by atoms with Gasteiger partial charge in [0.1, 0.15) is 0 Å². The van der Waals surface area contributed by atoms with Gasteiger partial charge in [-0.25, -0.2) is 0 Å². The summed E-state index contributed by atoms with van der Waals surface area (Å²) in [7, 11) is 1.94. The molecule has 1 saturated heterocycles. The van der Waals surface area contributed by atoms with E-state index in [1.807, 2.05) is 11.9 Å². The maximum absolute atomic E-state index is 12.3. The lowest BCUT2D eigenvalue weighted by Gasteiger charge is -2.31. The molecule has 1 N–H and O–H groups in total. The molecular formula is C14H23N3O2. The van der Waals surface area contributed by atoms with Gasteiger partial charge in [0.05, 0.1) is 5.69 Å². The molecule has 0 bridgehead atoms. The zero-order valence-electron chi connectivity index (χ0n) is 12.0. The van der Waals surface area contributed by atoms with Gasteiger partial charge in [0, 0.05) is 31.1 Å². The number of carbonyl (C=O) groups excluding carboxylic acids is 1. The van der Waals surface area contributed by atoms with Crippen molar-refractivity contribution in [3.8, 4) is 0 Å². The fourth-order valence-corrected chi connectivity index (χ4v) is 2.38. The molecule has 2 atom stereocenters. The first kappa shape index (κ1) is 14.1. The highest BCUT2D eigenvalue weighted by Gasteiger charge is 2.26. The predicted molar refractivity (Wildman–Crippen MR) is 73.2 cm³/mol. The largest absolute Gasteiger partial charge is 0.351 e. The number of rotatable bonds is 4. The van der Waals surface area contributed by atoms with Crippen LogP contribution in [0.3, 0.4) is 0 Å². The molecule has 1 aromatic heterocycles. The summed E-state index contributed by atoms with van der Waals surface area (Å²) in [4.78, 5) is 14.2. The van der Waals surface area contributed by atoms with Crippen LogP contribution in [0.5, 0.6) is 0 Å². The van der Waals surface area contributed by atoms with Gasteiger partial charge in [0.25, 0.3) is 5.91 Å². The number of hydrogen-bond acceptors (Lipinski definition) is 4. The molecule has 0 unspecified atom stereocenters. The molecule has 2 rings (SSSR count). The van der Waals surface area contributed by atoms with E-state index in [9.17, 15) is 4.79 Å². The van der Waals surface area contributed by atoms with Gasteiger partial charge in [-0.05, 0) is 26.3 Å². The van der Waals surface area contributed by atoms with Gasteiger partial charge in [-0.15, -0.1) is 0 Å². The van der Waals surface area contributed by atoms with E-state index in [2.05, 4.69) is 24.3 Å². The zero-order valence-corrected chi connectivity index (χ0v) is 12.0. The number of likely N-dealkylation sites (N-methyl/N-ethyl adjacent to an activating group) is 1. The Bertz CT molecular complexity index is 430. The molecular weight excluding hydrogens is 242 g/mol. The third-order valence-corrected chi connectivity index (χ3v) is 3.97. The molecule has 1 aliphatic rings. The molecule has 5 nitrogen and oxygen atoms in total. The molecule has 0 spiro atoms. The highest BCUT2D eigenvalue weighted by Crippen LogP contribution is 2.20. The fourth-order valence-electron chi connectivity index (χ4n) is 2.38. The van der Waals surface area contributed by atoms with Crippen molar-refractivity contribution in [2.75, 3.05) is 20.1 Å². The zero-order chi connectivity index (χ0) is 13.8. The van der Waals surface area contributed by atoms with Crippen LogP contribution in [-0.4, -0.2) is 42.1 Å². The number of piperidine rings is 1. The summed E-state index contributed by atoms with van der Waals surface area (Å²) in [5, 5.41) is 7.24. The Morgan fingerprint density at radius 3 is 3.16 bits per heavy atom. The summed E-state index contributed by atoms with van der Waals surface area (Å²) in [5.74, 6) is 0.658. The molecule has 19 heavy (non-hydrogen) atoms. The van der Waals surface area contributed by atoms with Crippen molar-refractivity contribution in [3.63, 3.8) is 0 Å². The van der Waals surface area contributed by atoms with Crippen molar-refractivity contribution in [1.82, 2.24) is 15.4 Å². The number of carbonyl (C=O) groups is 1. The third-order valence-electron chi connectivity index (χ3n) is 3.97. The average Bonchev–Trinajstić information content (AvgIpc) is 2.95. The number of nitrogens with zero attached hydrogens (tertiary/aromatic N) is 2. The van der Waals surface area contributed by atoms with E-state index in [-0.39, 0.29) is 5.91 Å². The number of amides is 1. The van der Waals surface area contributed by atoms with Crippen LogP contribution in [0.15, 0.2) is 10.6 Å². The quantitative estimate of drug-likeness (QED) is 0.904. The highest BCUT2D eigenvalue weighted by atomic mass is 16.5. The van der Waals surface area contributed by atoms with Crippen molar-refractivity contribution in [1.29, 1.82) is 0 Å². The second-order valence-electron chi connectivity index (χ2n) is 5.30. The van der Waals surface area contributed by atoms with Gasteiger partial charge in [0.2, 0.25) is 5.76 Å². The van der Waals surface area contributed by atoms with Gasteiger partial charge in [-0.1, -0.05) is 19.0 Å². The second kappa shape index (κ2) is 6.19. The molecule has 1 fully saturated rings. The summed E-state index contributed by atoms with van der Waals surface area (Å²) in [6.45, 7) is 5.73. The Kier molecular flexibility index (Phi) is 4.58. The monoisotopic (exact) mass is 265 g/mol. The molecule has 106 valence electrons. The Hall–Kier alpha value is -1.36. The Morgan fingerprint density at radius 1 is 1.68 bits per heavy atom. The van der Waals surface area contributed by atoms with Gasteiger partial charge < -0.3 is 14.7 Å². The lowest BCUT2D eigenvalue weighted by atomic mass is 10.0. The maximum atomic E-state index is 12.3. The highest BCUT2D eigenvalue weighted by molar-refractivity contribution is 5.91. The van der Waals surface area contributed by atoms with Gasteiger partial charge in [-0.3, -0.25) is 4.79 Å². The molecule has 0 aliphatic carbocycles. The van der Waals surface area contributed by atoms with Crippen LogP contribution >= 0.6 is 0 Å². The summed E-state index contributed by atoms with van der Waals surface area (Å²) in [6.07, 6.45) is 3.14. The smallest absolute Gasteiger partial charge is 0.292 e. The van der Waals surface area contributed by atoms with Crippen LogP contribution in [-0.2, 0) is 0 Å². The molecule has 1 aromatic rings. The SMILES string of the molecule is CC[C@@H](C)c1cc(C(=O)N2CCC[C@H](NC)C2)on1. The molecule has 2 heterocycles. The Balaban J connectivity index is 2.04. The first-order valence-electron chi connectivity index (χ1n) is 7.08. The molecule has 0 aromatic carbocycles. The molecule has 5 heteroatoms. The molecule has 0 radical (unpaired) electrons. The van der Waals surface area contributed by atoms with E-state index in [1.54, 1.807) is 6.07 Å². The van der Waals surface area contributed by atoms with Crippen molar-refractivity contribution < 1.29 is 9.32 Å². The number of hydrogen-bond donors (Lipinski definition) is 1. The Morgan fingerprint density at radius 2 is 2.47 bits per heavy atom. The van der Waals surface area contributed by atoms with E-state index in [0.29, 0.717) is 17.7 Å². The Labute approximate surface area is 114 Å². The molecule has 0 saturated carbocycles. The van der Waals surface area contributed by atoms with Crippen LogP contribution in [0.25, 0.3) is 0 Å². The van der Waals surface area contributed by atoms with Crippen molar-refractivity contribution in [2.45, 2.75) is 45.1 Å². The van der Waals surface area contributed by atoms with E-state index in [0.717, 1.165) is 38.0 Å². The van der Waals surface area contributed by atoms with Crippen molar-refractivity contribution >= 4 is 5.91 Å². The predicted octanol–water partition coefficient (Wildman–Crippen LogP) is 2.01. The van der Waals surface area contributed by atoms with Crippen molar-refractivity contribution in [2.24, 2.45) is 0 Å². The number of nitrogens with one attached hydrogen (secondary N) is 1. The lowest BCUT2D eigenvalue weighted by molar-refractivity contribution is 0.0656. The number of likely N-dealkylation sites (tertiary alicyclic amines) is 1. The van der Waals surface area contributed by atoms with Crippen LogP contribution in [0.2, 0.25) is 0 Å². The first-order chi connectivity index (χ1) is 9.15. The van der Waals surface area contributed by atoms with Gasteiger partial charge >= 0.3 is 0 Å². The van der Waals surface area contributed by atoms with E-state index in [4.69, 9.17) is 4.52 Å². The summed E-state index contributed by atoms with van der Waals surface area (Å²) in [6, 6.07) is 2.18. The minimum absolute atomic E-state index is 0.0398. The summed E-state index contributed by atoms with van der Waals surface area (Å²) < 4.78 is 5.21. The summed E-state index contributed by atoms with van der Waals surface area (Å²) in [5.41, 5.74) is 0.869. The maximum Gasteiger partial charge on any atom is 0.292 e. The van der Waals surface area contributed by atoms with Gasteiger partial charge in [-0.2, -0.15) is 0 Å². The third kappa shape index (κ3) is 3.15. The average molecular weight is 265 g/mol. The standard InChI is InChI=1S/C14H23N3O2/c1-4-10(2)12-8-13(19-16-12)14(18)17-7-5-6-11(9-17)15-3/h8,10-11,15H,4-7,9H2,1-3H3/t10-,11+/m1/s1. The minimum Gasteiger partial charge on any atom is -0.351 e. The normalized spacial score (nSPS) is 21.4. The van der Waals surface area contributed by atoms with E-state index in [1.165, 1.54) is 0 Å². The minimum atomic E-state index is -0.0398. The fraction of sp³-hybridized carbons (Fsp3) is 0.714. The van der Waals surface area contributed by atoms with Crippen LogP contribution in [0.1, 0.15) is 55.3 Å².